The highest BCUT2D eigenvalue weighted by molar-refractivity contribution is 7.71. The van der Waals surface area contributed by atoms with Gasteiger partial charge in [-0.3, -0.25) is 9.67 Å². The van der Waals surface area contributed by atoms with E-state index < -0.39 is 0 Å². The molecule has 0 atom stereocenters. The lowest BCUT2D eigenvalue weighted by Gasteiger charge is -2.05. The van der Waals surface area contributed by atoms with Crippen LogP contribution in [0.5, 0.6) is 5.75 Å². The highest BCUT2D eigenvalue weighted by Crippen LogP contribution is 2.26. The van der Waals surface area contributed by atoms with Gasteiger partial charge in [0, 0.05) is 6.54 Å². The van der Waals surface area contributed by atoms with Crippen molar-refractivity contribution in [1.29, 1.82) is 0 Å². The van der Waals surface area contributed by atoms with Crippen molar-refractivity contribution >= 4 is 12.2 Å². The molecule has 1 aromatic heterocycles. The van der Waals surface area contributed by atoms with Crippen molar-refractivity contribution < 1.29 is 5.11 Å². The SMILES string of the molecule is C=CCn1c(-c2ccccc2O)n[nH]c1=S. The zero-order valence-electron chi connectivity index (χ0n) is 8.55. The van der Waals surface area contributed by atoms with Gasteiger partial charge in [0.2, 0.25) is 0 Å². The number of nitrogens with one attached hydrogen (secondary N) is 1. The number of benzene rings is 1. The van der Waals surface area contributed by atoms with Crippen molar-refractivity contribution in [1.82, 2.24) is 14.8 Å². The fraction of sp³-hybridized carbons (Fsp3) is 0.0909. The molecule has 82 valence electrons. The summed E-state index contributed by atoms with van der Waals surface area (Å²) in [7, 11) is 0. The average Bonchev–Trinajstić information content (AvgIpc) is 2.62. The predicted molar refractivity (Wildman–Crippen MR) is 64.7 cm³/mol. The Morgan fingerprint density at radius 3 is 2.94 bits per heavy atom. The minimum Gasteiger partial charge on any atom is -0.507 e. The molecule has 1 heterocycles. The van der Waals surface area contributed by atoms with Gasteiger partial charge in [-0.15, -0.1) is 6.58 Å². The lowest BCUT2D eigenvalue weighted by molar-refractivity contribution is 0.476. The summed E-state index contributed by atoms with van der Waals surface area (Å²) in [6, 6.07) is 7.01. The highest BCUT2D eigenvalue weighted by Gasteiger charge is 2.10. The van der Waals surface area contributed by atoms with Crippen LogP contribution < -0.4 is 0 Å². The van der Waals surface area contributed by atoms with Gasteiger partial charge < -0.3 is 5.11 Å². The van der Waals surface area contributed by atoms with E-state index in [-0.39, 0.29) is 5.75 Å². The van der Waals surface area contributed by atoms with E-state index in [9.17, 15) is 5.11 Å². The maximum Gasteiger partial charge on any atom is 0.195 e. The second-order valence-electron chi connectivity index (χ2n) is 3.27. The van der Waals surface area contributed by atoms with Gasteiger partial charge in [0.05, 0.1) is 5.56 Å². The Morgan fingerprint density at radius 1 is 1.50 bits per heavy atom. The molecule has 0 fully saturated rings. The number of rotatable bonds is 3. The van der Waals surface area contributed by atoms with E-state index >= 15 is 0 Å². The molecule has 4 nitrogen and oxygen atoms in total. The van der Waals surface area contributed by atoms with Crippen LogP contribution >= 0.6 is 12.2 Å². The smallest absolute Gasteiger partial charge is 0.195 e. The summed E-state index contributed by atoms with van der Waals surface area (Å²) in [6.45, 7) is 4.22. The standard InChI is InChI=1S/C11H11N3OS/c1-2-7-14-10(12-13-11(14)16)8-5-3-4-6-9(8)15/h2-6,15H,1,7H2,(H,13,16). The van der Waals surface area contributed by atoms with Crippen molar-refractivity contribution in [2.24, 2.45) is 0 Å². The molecule has 0 bridgehead atoms. The van der Waals surface area contributed by atoms with Gasteiger partial charge in [0.25, 0.3) is 0 Å². The van der Waals surface area contributed by atoms with Gasteiger partial charge in [0.1, 0.15) is 5.75 Å². The number of H-pyrrole nitrogens is 1. The van der Waals surface area contributed by atoms with Crippen molar-refractivity contribution in [3.63, 3.8) is 0 Å². The van der Waals surface area contributed by atoms with Crippen LogP contribution in [0.2, 0.25) is 0 Å². The first-order valence-electron chi connectivity index (χ1n) is 4.78. The molecule has 2 rings (SSSR count). The Kier molecular flexibility index (Phi) is 2.87. The zero-order valence-corrected chi connectivity index (χ0v) is 9.37. The van der Waals surface area contributed by atoms with Crippen molar-refractivity contribution in [2.45, 2.75) is 6.54 Å². The van der Waals surface area contributed by atoms with Gasteiger partial charge in [-0.25, -0.2) is 0 Å². The van der Waals surface area contributed by atoms with Gasteiger partial charge in [0.15, 0.2) is 10.6 Å². The summed E-state index contributed by atoms with van der Waals surface area (Å²) >= 11 is 5.10. The maximum absolute atomic E-state index is 9.74. The molecule has 5 heteroatoms. The first kappa shape index (κ1) is 10.6. The summed E-state index contributed by atoms with van der Waals surface area (Å²) in [5, 5.41) is 16.5. The van der Waals surface area contributed by atoms with Gasteiger partial charge >= 0.3 is 0 Å². The highest BCUT2D eigenvalue weighted by atomic mass is 32.1. The Balaban J connectivity index is 2.60. The second-order valence-corrected chi connectivity index (χ2v) is 3.66. The number of nitrogens with zero attached hydrogens (tertiary/aromatic N) is 2. The lowest BCUT2D eigenvalue weighted by atomic mass is 10.2. The topological polar surface area (TPSA) is 53.8 Å². The molecule has 0 aliphatic heterocycles. The van der Waals surface area contributed by atoms with Crippen LogP contribution in [0.4, 0.5) is 0 Å². The van der Waals surface area contributed by atoms with E-state index in [0.717, 1.165) is 0 Å². The van der Waals surface area contributed by atoms with E-state index in [0.29, 0.717) is 22.7 Å². The molecule has 0 saturated carbocycles. The number of allylic oxidation sites excluding steroid dienone is 1. The largest absolute Gasteiger partial charge is 0.507 e. The maximum atomic E-state index is 9.74. The van der Waals surface area contributed by atoms with Crippen molar-refractivity contribution in [3.8, 4) is 17.1 Å². The summed E-state index contributed by atoms with van der Waals surface area (Å²) in [5.74, 6) is 0.796. The molecular formula is C11H11N3OS. The lowest BCUT2D eigenvalue weighted by Crippen LogP contribution is -1.98. The second kappa shape index (κ2) is 4.32. The van der Waals surface area contributed by atoms with Crippen LogP contribution in [-0.4, -0.2) is 19.9 Å². The molecular weight excluding hydrogens is 222 g/mol. The molecule has 0 aliphatic rings. The molecule has 0 radical (unpaired) electrons. The van der Waals surface area contributed by atoms with E-state index in [1.807, 2.05) is 6.07 Å². The number of phenols is 1. The zero-order chi connectivity index (χ0) is 11.5. The Hall–Kier alpha value is -1.88. The van der Waals surface area contributed by atoms with Gasteiger partial charge in [-0.1, -0.05) is 18.2 Å². The minimum atomic E-state index is 0.182. The fourth-order valence-corrected chi connectivity index (χ4v) is 1.69. The Labute approximate surface area is 97.9 Å². The predicted octanol–water partition coefficient (Wildman–Crippen LogP) is 2.50. The van der Waals surface area contributed by atoms with Crippen LogP contribution in [0.25, 0.3) is 11.4 Å². The fourth-order valence-electron chi connectivity index (χ4n) is 1.48. The van der Waals surface area contributed by atoms with Crippen LogP contribution in [0.3, 0.4) is 0 Å². The number of para-hydroxylation sites is 1. The number of aromatic hydroxyl groups is 1. The van der Waals surface area contributed by atoms with Crippen LogP contribution in [-0.2, 0) is 6.54 Å². The van der Waals surface area contributed by atoms with E-state index in [4.69, 9.17) is 12.2 Å². The first-order valence-corrected chi connectivity index (χ1v) is 5.19. The Morgan fingerprint density at radius 2 is 2.25 bits per heavy atom. The van der Waals surface area contributed by atoms with Crippen molar-refractivity contribution in [3.05, 3.63) is 41.7 Å². The molecule has 0 aliphatic carbocycles. The van der Waals surface area contributed by atoms with E-state index in [2.05, 4.69) is 16.8 Å². The monoisotopic (exact) mass is 233 g/mol. The summed E-state index contributed by atoms with van der Waals surface area (Å²) < 4.78 is 2.29. The molecule has 2 aromatic rings. The van der Waals surface area contributed by atoms with Gasteiger partial charge in [-0.05, 0) is 24.4 Å². The van der Waals surface area contributed by atoms with Crippen LogP contribution in [0.1, 0.15) is 0 Å². The summed E-state index contributed by atoms with van der Waals surface area (Å²) in [6.07, 6.45) is 1.73. The number of phenolic OH excluding ortho intramolecular Hbond substituents is 1. The number of hydrogen-bond acceptors (Lipinski definition) is 3. The third-order valence-corrected chi connectivity index (χ3v) is 2.53. The third-order valence-electron chi connectivity index (χ3n) is 2.21. The molecule has 0 saturated heterocycles. The molecule has 0 amide bonds. The van der Waals surface area contributed by atoms with Gasteiger partial charge in [-0.2, -0.15) is 5.10 Å². The Bertz CT molecular complexity index is 571. The van der Waals surface area contributed by atoms with Crippen molar-refractivity contribution in [2.75, 3.05) is 0 Å². The summed E-state index contributed by atoms with van der Waals surface area (Å²) in [4.78, 5) is 0. The molecule has 1 aromatic carbocycles. The normalized spacial score (nSPS) is 10.2. The van der Waals surface area contributed by atoms with Crippen LogP contribution in [0, 0.1) is 4.77 Å². The van der Waals surface area contributed by atoms with E-state index in [1.54, 1.807) is 28.8 Å². The molecule has 0 unspecified atom stereocenters. The average molecular weight is 233 g/mol. The molecule has 0 spiro atoms. The van der Waals surface area contributed by atoms with E-state index in [1.165, 1.54) is 0 Å². The summed E-state index contributed by atoms with van der Waals surface area (Å²) in [5.41, 5.74) is 0.650. The molecule has 16 heavy (non-hydrogen) atoms. The van der Waals surface area contributed by atoms with Crippen LogP contribution in [0.15, 0.2) is 36.9 Å². The minimum absolute atomic E-state index is 0.182. The third kappa shape index (κ3) is 1.77. The number of aromatic amines is 1. The number of hydrogen-bond donors (Lipinski definition) is 2. The molecule has 2 N–H and O–H groups in total. The quantitative estimate of drug-likeness (QED) is 0.632. The first-order chi connectivity index (χ1) is 7.74. The number of aromatic nitrogens is 3.